The van der Waals surface area contributed by atoms with E-state index >= 15 is 0 Å². The fourth-order valence-electron chi connectivity index (χ4n) is 3.19. The maximum Gasteiger partial charge on any atom is 0.170 e. The van der Waals surface area contributed by atoms with Gasteiger partial charge >= 0.3 is 0 Å². The SMILES string of the molecule is COc1cc(-c2ccc(O)cc2)c(OC)c(O)c1-c1ccc(OCC=CCCl)c(O)c1. The Bertz CT molecular complexity index is 1080. The molecule has 3 N–H and O–H groups in total. The molecule has 0 atom stereocenters. The highest BCUT2D eigenvalue weighted by atomic mass is 35.5. The van der Waals surface area contributed by atoms with Crippen LogP contribution in [0, 0.1) is 0 Å². The van der Waals surface area contributed by atoms with Gasteiger partial charge in [-0.2, -0.15) is 0 Å². The van der Waals surface area contributed by atoms with E-state index in [2.05, 4.69) is 0 Å². The zero-order valence-corrected chi connectivity index (χ0v) is 17.9. The van der Waals surface area contributed by atoms with E-state index in [9.17, 15) is 15.3 Å². The van der Waals surface area contributed by atoms with Crippen LogP contribution in [0.4, 0.5) is 0 Å². The number of rotatable bonds is 8. The second kappa shape index (κ2) is 10.00. The van der Waals surface area contributed by atoms with E-state index < -0.39 is 0 Å². The fourth-order valence-corrected chi connectivity index (χ4v) is 3.32. The highest BCUT2D eigenvalue weighted by molar-refractivity contribution is 6.18. The monoisotopic (exact) mass is 442 g/mol. The number of ether oxygens (including phenoxy) is 3. The molecule has 0 saturated carbocycles. The first-order valence-electron chi connectivity index (χ1n) is 9.44. The molecule has 0 aliphatic rings. The number of aromatic hydroxyl groups is 3. The zero-order chi connectivity index (χ0) is 22.4. The minimum absolute atomic E-state index is 0.0835. The molecule has 0 bridgehead atoms. The van der Waals surface area contributed by atoms with E-state index in [0.29, 0.717) is 34.1 Å². The number of allylic oxidation sites excluding steroid dienone is 1. The molecule has 0 aliphatic carbocycles. The maximum atomic E-state index is 11.0. The van der Waals surface area contributed by atoms with Crippen LogP contribution in [0.5, 0.6) is 34.5 Å². The quantitative estimate of drug-likeness (QED) is 0.323. The maximum absolute atomic E-state index is 11.0. The van der Waals surface area contributed by atoms with Crippen LogP contribution in [0.25, 0.3) is 22.3 Å². The lowest BCUT2D eigenvalue weighted by molar-refractivity contribution is 0.336. The number of methoxy groups -OCH3 is 2. The molecule has 0 aromatic heterocycles. The highest BCUT2D eigenvalue weighted by Gasteiger charge is 2.22. The van der Waals surface area contributed by atoms with Crippen molar-refractivity contribution in [2.24, 2.45) is 0 Å². The Hall–Kier alpha value is -3.51. The summed E-state index contributed by atoms with van der Waals surface area (Å²) in [5.74, 6) is 1.23. The van der Waals surface area contributed by atoms with Gasteiger partial charge in [0.1, 0.15) is 18.1 Å². The Morgan fingerprint density at radius 2 is 1.55 bits per heavy atom. The number of phenols is 3. The number of benzene rings is 3. The number of halogens is 1. The lowest BCUT2D eigenvalue weighted by atomic mass is 9.96. The summed E-state index contributed by atoms with van der Waals surface area (Å²) >= 11 is 5.58. The van der Waals surface area contributed by atoms with Gasteiger partial charge in [-0.3, -0.25) is 0 Å². The van der Waals surface area contributed by atoms with E-state index in [1.54, 1.807) is 54.6 Å². The van der Waals surface area contributed by atoms with Gasteiger partial charge in [0.05, 0.1) is 19.8 Å². The molecule has 31 heavy (non-hydrogen) atoms. The molecule has 0 saturated heterocycles. The Kier molecular flexibility index (Phi) is 7.15. The van der Waals surface area contributed by atoms with Crippen molar-refractivity contribution in [2.75, 3.05) is 26.7 Å². The molecule has 3 rings (SSSR count). The zero-order valence-electron chi connectivity index (χ0n) is 17.1. The summed E-state index contributed by atoms with van der Waals surface area (Å²) in [7, 11) is 2.95. The smallest absolute Gasteiger partial charge is 0.170 e. The molecule has 0 aliphatic heterocycles. The standard InChI is InChI=1S/C24H23ClO6/c1-29-21-14-18(15-5-8-17(26)9-6-15)24(30-2)23(28)22(21)16-7-10-20(19(27)13-16)31-12-4-3-11-25/h3-10,13-14,26-28H,11-12H2,1-2H3. The van der Waals surface area contributed by atoms with Gasteiger partial charge in [0.15, 0.2) is 23.0 Å². The summed E-state index contributed by atoms with van der Waals surface area (Å²) in [6, 6.07) is 13.0. The molecule has 0 amide bonds. The number of phenolic OH excluding ortho intramolecular Hbond substituents is 3. The summed E-state index contributed by atoms with van der Waals surface area (Å²) < 4.78 is 16.5. The summed E-state index contributed by atoms with van der Waals surface area (Å²) in [4.78, 5) is 0. The minimum atomic E-state index is -0.136. The van der Waals surface area contributed by atoms with Crippen molar-refractivity contribution < 1.29 is 29.5 Å². The van der Waals surface area contributed by atoms with Crippen LogP contribution in [0.2, 0.25) is 0 Å². The minimum Gasteiger partial charge on any atom is -0.508 e. The molecule has 6 nitrogen and oxygen atoms in total. The summed E-state index contributed by atoms with van der Waals surface area (Å²) in [6.45, 7) is 0.267. The van der Waals surface area contributed by atoms with Crippen molar-refractivity contribution in [3.63, 3.8) is 0 Å². The van der Waals surface area contributed by atoms with Crippen molar-refractivity contribution in [3.8, 4) is 56.8 Å². The highest BCUT2D eigenvalue weighted by Crippen LogP contribution is 2.50. The van der Waals surface area contributed by atoms with Gasteiger partial charge in [-0.05, 0) is 41.5 Å². The summed E-state index contributed by atoms with van der Waals surface area (Å²) in [5.41, 5.74) is 2.21. The molecule has 7 heteroatoms. The lowest BCUT2D eigenvalue weighted by Gasteiger charge is -2.18. The third kappa shape index (κ3) is 4.81. The van der Waals surface area contributed by atoms with Crippen molar-refractivity contribution in [2.45, 2.75) is 0 Å². The van der Waals surface area contributed by atoms with Crippen LogP contribution in [0.15, 0.2) is 60.7 Å². The van der Waals surface area contributed by atoms with Gasteiger partial charge in [0.2, 0.25) is 0 Å². The van der Waals surface area contributed by atoms with Crippen LogP contribution < -0.4 is 14.2 Å². The van der Waals surface area contributed by atoms with Gasteiger partial charge in [0.25, 0.3) is 0 Å². The Morgan fingerprint density at radius 3 is 2.16 bits per heavy atom. The van der Waals surface area contributed by atoms with Crippen LogP contribution in [-0.2, 0) is 0 Å². The van der Waals surface area contributed by atoms with Gasteiger partial charge in [-0.15, -0.1) is 11.6 Å². The van der Waals surface area contributed by atoms with Crippen LogP contribution >= 0.6 is 11.6 Å². The first kappa shape index (κ1) is 22.2. The van der Waals surface area contributed by atoms with E-state index in [0.717, 1.165) is 5.56 Å². The Labute approximate surface area is 185 Å². The topological polar surface area (TPSA) is 88.4 Å². The lowest BCUT2D eigenvalue weighted by Crippen LogP contribution is -1.97. The summed E-state index contributed by atoms with van der Waals surface area (Å²) in [6.07, 6.45) is 3.50. The molecule has 162 valence electrons. The van der Waals surface area contributed by atoms with Crippen molar-refractivity contribution in [1.29, 1.82) is 0 Å². The average molecular weight is 443 g/mol. The predicted octanol–water partition coefficient (Wildman–Crippen LogP) is 5.33. The van der Waals surface area contributed by atoms with Crippen LogP contribution in [0.3, 0.4) is 0 Å². The molecular weight excluding hydrogens is 420 g/mol. The van der Waals surface area contributed by atoms with Gasteiger partial charge < -0.3 is 29.5 Å². The summed E-state index contributed by atoms with van der Waals surface area (Å²) in [5, 5.41) is 31.0. The van der Waals surface area contributed by atoms with Gasteiger partial charge in [-0.1, -0.05) is 30.4 Å². The molecule has 0 unspecified atom stereocenters. The first-order valence-corrected chi connectivity index (χ1v) is 9.98. The fraction of sp³-hybridized carbons (Fsp3) is 0.167. The van der Waals surface area contributed by atoms with E-state index in [1.165, 1.54) is 20.3 Å². The molecule has 0 spiro atoms. The normalized spacial score (nSPS) is 10.9. The first-order chi connectivity index (χ1) is 15.0. The third-order valence-corrected chi connectivity index (χ3v) is 4.84. The number of alkyl halides is 1. The van der Waals surface area contributed by atoms with E-state index in [1.807, 2.05) is 0 Å². The number of hydrogen-bond acceptors (Lipinski definition) is 6. The Morgan fingerprint density at radius 1 is 0.839 bits per heavy atom. The van der Waals surface area contributed by atoms with Crippen molar-refractivity contribution in [3.05, 3.63) is 60.7 Å². The average Bonchev–Trinajstić information content (AvgIpc) is 2.77. The van der Waals surface area contributed by atoms with Gasteiger partial charge in [0, 0.05) is 11.4 Å². The van der Waals surface area contributed by atoms with Gasteiger partial charge in [-0.25, -0.2) is 0 Å². The molecule has 0 radical (unpaired) electrons. The predicted molar refractivity (Wildman–Crippen MR) is 121 cm³/mol. The molecule has 3 aromatic carbocycles. The number of hydrogen-bond donors (Lipinski definition) is 3. The second-order valence-corrected chi connectivity index (χ2v) is 6.86. The van der Waals surface area contributed by atoms with E-state index in [-0.39, 0.29) is 29.6 Å². The second-order valence-electron chi connectivity index (χ2n) is 6.55. The van der Waals surface area contributed by atoms with Crippen LogP contribution in [-0.4, -0.2) is 42.0 Å². The molecule has 0 heterocycles. The van der Waals surface area contributed by atoms with Crippen molar-refractivity contribution >= 4 is 11.6 Å². The van der Waals surface area contributed by atoms with Crippen LogP contribution in [0.1, 0.15) is 0 Å². The Balaban J connectivity index is 2.06. The van der Waals surface area contributed by atoms with E-state index in [4.69, 9.17) is 25.8 Å². The third-order valence-electron chi connectivity index (χ3n) is 4.66. The van der Waals surface area contributed by atoms with Crippen molar-refractivity contribution in [1.82, 2.24) is 0 Å². The molecule has 3 aromatic rings. The molecule has 0 fully saturated rings. The molecular formula is C24H23ClO6. The largest absolute Gasteiger partial charge is 0.508 e.